The fourth-order valence-electron chi connectivity index (χ4n) is 1.62. The molecule has 1 atom stereocenters. The SMILES string of the molecule is NC(=O)CCCCNCC(O)COc1ccccc1Cl. The Morgan fingerprint density at radius 1 is 1.40 bits per heavy atom. The van der Waals surface area contributed by atoms with E-state index >= 15 is 0 Å². The topological polar surface area (TPSA) is 84.6 Å². The smallest absolute Gasteiger partial charge is 0.217 e. The van der Waals surface area contributed by atoms with E-state index in [0.717, 1.165) is 19.4 Å². The van der Waals surface area contributed by atoms with E-state index in [4.69, 9.17) is 22.1 Å². The maximum atomic E-state index is 10.5. The van der Waals surface area contributed by atoms with E-state index in [2.05, 4.69) is 5.32 Å². The van der Waals surface area contributed by atoms with Crippen molar-refractivity contribution in [2.24, 2.45) is 5.73 Å². The molecule has 0 aliphatic rings. The second-order valence-corrected chi connectivity index (χ2v) is 4.93. The molecule has 0 saturated heterocycles. The Kier molecular flexibility index (Phi) is 8.02. The number of primary amides is 1. The van der Waals surface area contributed by atoms with Crippen LogP contribution in [0.2, 0.25) is 5.02 Å². The average Bonchev–Trinajstić information content (AvgIpc) is 2.41. The summed E-state index contributed by atoms with van der Waals surface area (Å²) in [5, 5.41) is 13.4. The third kappa shape index (κ3) is 7.33. The van der Waals surface area contributed by atoms with E-state index in [1.807, 2.05) is 12.1 Å². The minimum atomic E-state index is -0.609. The second kappa shape index (κ2) is 9.58. The molecule has 1 rings (SSSR count). The number of nitrogens with one attached hydrogen (secondary N) is 1. The number of nitrogens with two attached hydrogens (primary N) is 1. The molecule has 5 nitrogen and oxygen atoms in total. The largest absolute Gasteiger partial charge is 0.489 e. The van der Waals surface area contributed by atoms with Crippen LogP contribution in [-0.2, 0) is 4.79 Å². The van der Waals surface area contributed by atoms with E-state index < -0.39 is 6.10 Å². The van der Waals surface area contributed by atoms with Gasteiger partial charge in [-0.2, -0.15) is 0 Å². The maximum absolute atomic E-state index is 10.5. The van der Waals surface area contributed by atoms with Crippen LogP contribution in [0.1, 0.15) is 19.3 Å². The number of rotatable bonds is 10. The first kappa shape index (κ1) is 16.8. The third-order valence-electron chi connectivity index (χ3n) is 2.67. The average molecular weight is 301 g/mol. The van der Waals surface area contributed by atoms with Crippen molar-refractivity contribution in [3.05, 3.63) is 29.3 Å². The van der Waals surface area contributed by atoms with Gasteiger partial charge >= 0.3 is 0 Å². The van der Waals surface area contributed by atoms with Crippen molar-refractivity contribution in [2.45, 2.75) is 25.4 Å². The van der Waals surface area contributed by atoms with Crippen LogP contribution in [0.15, 0.2) is 24.3 Å². The zero-order valence-electron chi connectivity index (χ0n) is 11.3. The molecular formula is C14H21ClN2O3. The Bertz CT molecular complexity index is 415. The van der Waals surface area contributed by atoms with E-state index in [0.29, 0.717) is 23.7 Å². The Morgan fingerprint density at radius 3 is 2.85 bits per heavy atom. The van der Waals surface area contributed by atoms with E-state index in [1.165, 1.54) is 0 Å². The lowest BCUT2D eigenvalue weighted by Crippen LogP contribution is -2.32. The molecule has 4 N–H and O–H groups in total. The number of ether oxygens (including phenoxy) is 1. The van der Waals surface area contributed by atoms with Gasteiger partial charge in [-0.15, -0.1) is 0 Å². The van der Waals surface area contributed by atoms with Gasteiger partial charge in [0.1, 0.15) is 18.5 Å². The quantitative estimate of drug-likeness (QED) is 0.569. The van der Waals surface area contributed by atoms with Crippen LogP contribution in [0.4, 0.5) is 0 Å². The molecule has 0 aromatic heterocycles. The number of hydrogen-bond donors (Lipinski definition) is 3. The van der Waals surface area contributed by atoms with Gasteiger partial charge in [0.25, 0.3) is 0 Å². The molecule has 20 heavy (non-hydrogen) atoms. The van der Waals surface area contributed by atoms with Crippen LogP contribution in [0.3, 0.4) is 0 Å². The number of halogens is 1. The fraction of sp³-hybridized carbons (Fsp3) is 0.500. The van der Waals surface area contributed by atoms with Gasteiger partial charge in [-0.3, -0.25) is 4.79 Å². The Morgan fingerprint density at radius 2 is 2.15 bits per heavy atom. The van der Waals surface area contributed by atoms with Crippen LogP contribution < -0.4 is 15.8 Å². The molecule has 0 aliphatic heterocycles. The molecule has 1 amide bonds. The standard InChI is InChI=1S/C14H21ClN2O3/c15-12-5-1-2-6-13(12)20-10-11(18)9-17-8-4-3-7-14(16)19/h1-2,5-6,11,17-18H,3-4,7-10H2,(H2,16,19). The zero-order valence-corrected chi connectivity index (χ0v) is 12.1. The van der Waals surface area contributed by atoms with Crippen molar-refractivity contribution >= 4 is 17.5 Å². The first-order valence-electron chi connectivity index (χ1n) is 6.64. The number of benzene rings is 1. The number of unbranched alkanes of at least 4 members (excludes halogenated alkanes) is 1. The van der Waals surface area contributed by atoms with Gasteiger partial charge in [0.2, 0.25) is 5.91 Å². The van der Waals surface area contributed by atoms with Gasteiger partial charge < -0.3 is 20.9 Å². The second-order valence-electron chi connectivity index (χ2n) is 4.52. The summed E-state index contributed by atoms with van der Waals surface area (Å²) in [5.74, 6) is 0.285. The van der Waals surface area contributed by atoms with Crippen LogP contribution in [-0.4, -0.2) is 36.8 Å². The summed E-state index contributed by atoms with van der Waals surface area (Å²) in [4.78, 5) is 10.5. The van der Waals surface area contributed by atoms with Crippen LogP contribution in [0.25, 0.3) is 0 Å². The van der Waals surface area contributed by atoms with Gasteiger partial charge in [0, 0.05) is 13.0 Å². The van der Waals surface area contributed by atoms with Crippen molar-refractivity contribution in [1.29, 1.82) is 0 Å². The summed E-state index contributed by atoms with van der Waals surface area (Å²) in [6.45, 7) is 1.34. The lowest BCUT2D eigenvalue weighted by Gasteiger charge is -2.13. The molecule has 0 radical (unpaired) electrons. The van der Waals surface area contributed by atoms with E-state index in [9.17, 15) is 9.90 Å². The Labute approximate surface area is 124 Å². The predicted octanol–water partition coefficient (Wildman–Crippen LogP) is 1.32. The minimum absolute atomic E-state index is 0.179. The molecule has 1 aromatic rings. The van der Waals surface area contributed by atoms with Gasteiger partial charge in [-0.05, 0) is 31.5 Å². The van der Waals surface area contributed by atoms with E-state index in [1.54, 1.807) is 12.1 Å². The summed E-state index contributed by atoms with van der Waals surface area (Å²) < 4.78 is 5.43. The molecular weight excluding hydrogens is 280 g/mol. The first-order chi connectivity index (χ1) is 9.59. The number of carbonyl (C=O) groups is 1. The molecule has 6 heteroatoms. The normalized spacial score (nSPS) is 12.1. The summed E-state index contributed by atoms with van der Waals surface area (Å²) in [6.07, 6.45) is 1.40. The molecule has 0 spiro atoms. The van der Waals surface area contributed by atoms with Crippen molar-refractivity contribution in [1.82, 2.24) is 5.32 Å². The van der Waals surface area contributed by atoms with Crippen molar-refractivity contribution in [2.75, 3.05) is 19.7 Å². The first-order valence-corrected chi connectivity index (χ1v) is 7.02. The zero-order chi connectivity index (χ0) is 14.8. The number of aliphatic hydroxyl groups excluding tert-OH is 1. The lowest BCUT2D eigenvalue weighted by atomic mass is 10.2. The highest BCUT2D eigenvalue weighted by Crippen LogP contribution is 2.22. The molecule has 0 bridgehead atoms. The number of aliphatic hydroxyl groups is 1. The summed E-state index contributed by atoms with van der Waals surface area (Å²) >= 11 is 5.93. The van der Waals surface area contributed by atoms with Gasteiger partial charge in [-0.25, -0.2) is 0 Å². The molecule has 0 aliphatic carbocycles. The molecule has 0 saturated carbocycles. The number of hydrogen-bond acceptors (Lipinski definition) is 4. The Balaban J connectivity index is 2.07. The summed E-state index contributed by atoms with van der Waals surface area (Å²) in [5.41, 5.74) is 5.04. The fourth-order valence-corrected chi connectivity index (χ4v) is 1.81. The Hall–Kier alpha value is -1.30. The molecule has 112 valence electrons. The summed E-state index contributed by atoms with van der Waals surface area (Å²) in [7, 11) is 0. The number of carbonyl (C=O) groups excluding carboxylic acids is 1. The predicted molar refractivity (Wildman–Crippen MR) is 78.9 cm³/mol. The highest BCUT2D eigenvalue weighted by Gasteiger charge is 2.06. The monoisotopic (exact) mass is 300 g/mol. The third-order valence-corrected chi connectivity index (χ3v) is 2.99. The highest BCUT2D eigenvalue weighted by molar-refractivity contribution is 6.32. The highest BCUT2D eigenvalue weighted by atomic mass is 35.5. The van der Waals surface area contributed by atoms with Crippen LogP contribution in [0, 0.1) is 0 Å². The van der Waals surface area contributed by atoms with Crippen molar-refractivity contribution < 1.29 is 14.6 Å². The molecule has 0 fully saturated rings. The summed E-state index contributed by atoms with van der Waals surface area (Å²) in [6, 6.07) is 7.14. The van der Waals surface area contributed by atoms with Gasteiger partial charge in [0.05, 0.1) is 5.02 Å². The lowest BCUT2D eigenvalue weighted by molar-refractivity contribution is -0.118. The van der Waals surface area contributed by atoms with E-state index in [-0.39, 0.29) is 12.5 Å². The number of amides is 1. The molecule has 1 unspecified atom stereocenters. The van der Waals surface area contributed by atoms with Gasteiger partial charge in [0.15, 0.2) is 0 Å². The number of para-hydroxylation sites is 1. The van der Waals surface area contributed by atoms with Crippen LogP contribution in [0.5, 0.6) is 5.75 Å². The molecule has 1 aromatic carbocycles. The van der Waals surface area contributed by atoms with Gasteiger partial charge in [-0.1, -0.05) is 23.7 Å². The van der Waals surface area contributed by atoms with Crippen molar-refractivity contribution in [3.63, 3.8) is 0 Å². The molecule has 0 heterocycles. The van der Waals surface area contributed by atoms with Crippen LogP contribution >= 0.6 is 11.6 Å². The van der Waals surface area contributed by atoms with Crippen molar-refractivity contribution in [3.8, 4) is 5.75 Å². The maximum Gasteiger partial charge on any atom is 0.217 e. The minimum Gasteiger partial charge on any atom is -0.489 e.